The number of hydrogen-bond donors (Lipinski definition) is 0. The van der Waals surface area contributed by atoms with Gasteiger partial charge in [0.05, 0.1) is 23.0 Å². The lowest BCUT2D eigenvalue weighted by molar-refractivity contribution is 0.101. The molecule has 1 fully saturated rings. The molecule has 176 valence electrons. The molecular weight excluding hydrogens is 478 g/mol. The summed E-state index contributed by atoms with van der Waals surface area (Å²) < 4.78 is 60.4. The molecule has 3 heterocycles. The van der Waals surface area contributed by atoms with Gasteiger partial charge in [-0.1, -0.05) is 6.57 Å². The third-order valence-corrected chi connectivity index (χ3v) is 7.61. The molecule has 0 bridgehead atoms. The van der Waals surface area contributed by atoms with Gasteiger partial charge in [-0.2, -0.15) is 13.7 Å². The standard InChI is InChI=1S/C23H16F2N6O3S/c1-27-21-10-17(7-8-28-21)34-16-4-3-14(12-26)18(9-16)19-5-6-20-22(29-19)30(2)35(32,33)31(20)13-15-11-23(15,24)25/h3-10,15H,11,13H2,2H3. The van der Waals surface area contributed by atoms with Crippen molar-refractivity contribution in [1.29, 1.82) is 5.26 Å². The minimum Gasteiger partial charge on any atom is -0.458 e. The fourth-order valence-electron chi connectivity index (χ4n) is 3.82. The van der Waals surface area contributed by atoms with Gasteiger partial charge in [0.1, 0.15) is 17.7 Å². The average Bonchev–Trinajstić information content (AvgIpc) is 3.41. The Morgan fingerprint density at radius 3 is 2.69 bits per heavy atom. The van der Waals surface area contributed by atoms with Crippen LogP contribution in [0.2, 0.25) is 0 Å². The molecule has 0 spiro atoms. The van der Waals surface area contributed by atoms with Crippen LogP contribution in [0.15, 0.2) is 48.7 Å². The second-order valence-electron chi connectivity index (χ2n) is 8.09. The van der Waals surface area contributed by atoms with E-state index >= 15 is 0 Å². The summed E-state index contributed by atoms with van der Waals surface area (Å²) in [6.45, 7) is 6.74. The molecule has 1 aliphatic carbocycles. The third-order valence-electron chi connectivity index (χ3n) is 5.84. The molecule has 1 aromatic carbocycles. The quantitative estimate of drug-likeness (QED) is 0.484. The van der Waals surface area contributed by atoms with E-state index in [-0.39, 0.29) is 35.9 Å². The van der Waals surface area contributed by atoms with Crippen molar-refractivity contribution in [2.75, 3.05) is 22.2 Å². The summed E-state index contributed by atoms with van der Waals surface area (Å²) in [7, 11) is -2.74. The summed E-state index contributed by atoms with van der Waals surface area (Å²) in [5, 5.41) is 9.61. The monoisotopic (exact) mass is 494 g/mol. The maximum absolute atomic E-state index is 13.5. The molecule has 0 amide bonds. The number of halogens is 2. The predicted octanol–water partition coefficient (Wildman–Crippen LogP) is 4.51. The Kier molecular flexibility index (Phi) is 5.07. The molecule has 35 heavy (non-hydrogen) atoms. The molecule has 2 aromatic heterocycles. The summed E-state index contributed by atoms with van der Waals surface area (Å²) in [5.41, 5.74) is 1.18. The van der Waals surface area contributed by atoms with E-state index in [1.807, 2.05) is 0 Å². The first-order chi connectivity index (χ1) is 16.6. The van der Waals surface area contributed by atoms with Crippen molar-refractivity contribution >= 4 is 27.5 Å². The number of nitrogens with zero attached hydrogens (tertiary/aromatic N) is 6. The van der Waals surface area contributed by atoms with Crippen LogP contribution in [0.1, 0.15) is 12.0 Å². The van der Waals surface area contributed by atoms with Gasteiger partial charge >= 0.3 is 10.2 Å². The minimum atomic E-state index is -4.05. The Morgan fingerprint density at radius 2 is 2.00 bits per heavy atom. The van der Waals surface area contributed by atoms with Crippen LogP contribution in [-0.4, -0.2) is 37.9 Å². The van der Waals surface area contributed by atoms with Gasteiger partial charge in [0.2, 0.25) is 0 Å². The van der Waals surface area contributed by atoms with E-state index in [0.717, 1.165) is 8.61 Å². The molecule has 12 heteroatoms. The number of pyridine rings is 2. The van der Waals surface area contributed by atoms with Crippen molar-refractivity contribution in [2.45, 2.75) is 12.3 Å². The molecule has 2 aliphatic rings. The van der Waals surface area contributed by atoms with E-state index in [2.05, 4.69) is 20.9 Å². The normalized spacial score (nSPS) is 18.9. The maximum atomic E-state index is 13.5. The lowest BCUT2D eigenvalue weighted by Gasteiger charge is -2.18. The van der Waals surface area contributed by atoms with E-state index in [1.54, 1.807) is 24.3 Å². The van der Waals surface area contributed by atoms with Crippen LogP contribution < -0.4 is 13.3 Å². The van der Waals surface area contributed by atoms with Crippen molar-refractivity contribution in [3.05, 3.63) is 65.6 Å². The third kappa shape index (κ3) is 3.88. The topological polar surface area (TPSA) is 104 Å². The summed E-state index contributed by atoms with van der Waals surface area (Å²) in [6.07, 6.45) is 1.09. The molecule has 1 unspecified atom stereocenters. The van der Waals surface area contributed by atoms with Crippen molar-refractivity contribution in [2.24, 2.45) is 5.92 Å². The number of nitriles is 1. The summed E-state index contributed by atoms with van der Waals surface area (Å²) >= 11 is 0. The van der Waals surface area contributed by atoms with E-state index in [1.165, 1.54) is 31.4 Å². The lowest BCUT2D eigenvalue weighted by Crippen LogP contribution is -2.37. The summed E-state index contributed by atoms with van der Waals surface area (Å²) in [6, 6.07) is 12.9. The Balaban J connectivity index is 1.51. The second kappa shape index (κ2) is 7.89. The number of fused-ring (bicyclic) bond motifs is 1. The van der Waals surface area contributed by atoms with Crippen LogP contribution in [0.5, 0.6) is 11.5 Å². The number of benzene rings is 1. The van der Waals surface area contributed by atoms with Crippen LogP contribution in [0.25, 0.3) is 16.1 Å². The molecule has 0 radical (unpaired) electrons. The van der Waals surface area contributed by atoms with E-state index in [4.69, 9.17) is 11.3 Å². The molecule has 3 aromatic rings. The highest BCUT2D eigenvalue weighted by Crippen LogP contribution is 2.51. The Bertz CT molecular complexity index is 1550. The van der Waals surface area contributed by atoms with Crippen molar-refractivity contribution in [3.8, 4) is 28.8 Å². The predicted molar refractivity (Wildman–Crippen MR) is 123 cm³/mol. The number of anilines is 2. The molecule has 1 atom stereocenters. The Labute approximate surface area is 199 Å². The van der Waals surface area contributed by atoms with Gasteiger partial charge in [0.15, 0.2) is 5.82 Å². The first-order valence-corrected chi connectivity index (χ1v) is 11.7. The summed E-state index contributed by atoms with van der Waals surface area (Å²) in [5.74, 6) is -2.92. The van der Waals surface area contributed by atoms with Crippen molar-refractivity contribution in [3.63, 3.8) is 0 Å². The number of aromatic nitrogens is 2. The highest BCUT2D eigenvalue weighted by Gasteiger charge is 2.59. The van der Waals surface area contributed by atoms with Crippen LogP contribution >= 0.6 is 0 Å². The van der Waals surface area contributed by atoms with Crippen molar-refractivity contribution in [1.82, 2.24) is 9.97 Å². The average molecular weight is 494 g/mol. The van der Waals surface area contributed by atoms with Gasteiger partial charge in [0, 0.05) is 43.6 Å². The maximum Gasteiger partial charge on any atom is 0.327 e. The van der Waals surface area contributed by atoms with E-state index in [9.17, 15) is 22.5 Å². The lowest BCUT2D eigenvalue weighted by atomic mass is 10.0. The zero-order valence-corrected chi connectivity index (χ0v) is 19.0. The zero-order chi connectivity index (χ0) is 25.0. The second-order valence-corrected chi connectivity index (χ2v) is 9.97. The molecule has 5 rings (SSSR count). The van der Waals surface area contributed by atoms with Crippen LogP contribution in [0.3, 0.4) is 0 Å². The molecule has 0 saturated heterocycles. The van der Waals surface area contributed by atoms with E-state index in [0.29, 0.717) is 22.8 Å². The SMILES string of the molecule is [C-]#[N+]c1cc(Oc2ccc(C#N)c(-c3ccc4c(n3)N(C)S(=O)(=O)N4CC3CC3(F)F)c2)ccn1. The van der Waals surface area contributed by atoms with Crippen LogP contribution in [0.4, 0.5) is 26.1 Å². The number of ether oxygens (including phenoxy) is 1. The fourth-order valence-corrected chi connectivity index (χ4v) is 5.22. The van der Waals surface area contributed by atoms with E-state index < -0.39 is 22.0 Å². The smallest absolute Gasteiger partial charge is 0.327 e. The molecule has 0 N–H and O–H groups in total. The first-order valence-electron chi connectivity index (χ1n) is 10.4. The highest BCUT2D eigenvalue weighted by molar-refractivity contribution is 7.94. The minimum absolute atomic E-state index is 0.0810. The molecular formula is C23H16F2N6O3S. The van der Waals surface area contributed by atoms with Crippen LogP contribution in [0, 0.1) is 23.8 Å². The fraction of sp³-hybridized carbons (Fsp3) is 0.217. The molecule has 1 aliphatic heterocycles. The van der Waals surface area contributed by atoms with Crippen molar-refractivity contribution < 1.29 is 21.9 Å². The number of alkyl halides is 2. The highest BCUT2D eigenvalue weighted by atomic mass is 32.2. The van der Waals surface area contributed by atoms with Crippen LogP contribution in [-0.2, 0) is 10.2 Å². The Hall–Kier alpha value is -4.29. The van der Waals surface area contributed by atoms with Gasteiger partial charge in [0.25, 0.3) is 11.7 Å². The molecule has 9 nitrogen and oxygen atoms in total. The molecule has 1 saturated carbocycles. The number of hydrogen-bond acceptors (Lipinski definition) is 6. The van der Waals surface area contributed by atoms with Gasteiger partial charge in [-0.05, 0) is 30.3 Å². The first kappa shape index (κ1) is 22.5. The van der Waals surface area contributed by atoms with Gasteiger partial charge in [-0.25, -0.2) is 22.4 Å². The number of rotatable bonds is 5. The summed E-state index contributed by atoms with van der Waals surface area (Å²) in [4.78, 5) is 11.6. The van der Waals surface area contributed by atoms with Gasteiger partial charge in [-0.3, -0.25) is 0 Å². The largest absolute Gasteiger partial charge is 0.458 e. The Morgan fingerprint density at radius 1 is 1.26 bits per heavy atom. The zero-order valence-electron chi connectivity index (χ0n) is 18.2. The van der Waals surface area contributed by atoms with Gasteiger partial charge < -0.3 is 9.58 Å². The van der Waals surface area contributed by atoms with Gasteiger partial charge in [-0.15, -0.1) is 4.98 Å².